The lowest BCUT2D eigenvalue weighted by atomic mass is 10.1. The van der Waals surface area contributed by atoms with Gasteiger partial charge in [-0.2, -0.15) is 0 Å². The zero-order valence-electron chi connectivity index (χ0n) is 14.8. The Kier molecular flexibility index (Phi) is 6.12. The average Bonchev–Trinajstić information content (AvgIpc) is 3.01. The lowest BCUT2D eigenvalue weighted by molar-refractivity contribution is -0.115. The molecule has 0 aliphatic carbocycles. The number of nitrogens with one attached hydrogen (secondary N) is 1. The zero-order chi connectivity index (χ0) is 20.3. The van der Waals surface area contributed by atoms with Crippen LogP contribution in [0.2, 0.25) is 5.02 Å². The van der Waals surface area contributed by atoms with Gasteiger partial charge in [0.2, 0.25) is 5.91 Å². The number of halogens is 2. The Balaban J connectivity index is 1.64. The van der Waals surface area contributed by atoms with Crippen molar-refractivity contribution in [2.45, 2.75) is 18.2 Å². The molecule has 0 aliphatic heterocycles. The molecule has 1 heterocycles. The molecule has 1 N–H and O–H groups in total. The predicted octanol–water partition coefficient (Wildman–Crippen LogP) is 4.71. The van der Waals surface area contributed by atoms with Gasteiger partial charge in [0.05, 0.1) is 16.3 Å². The number of aromatic nitrogens is 1. The van der Waals surface area contributed by atoms with Crippen molar-refractivity contribution in [1.29, 1.82) is 0 Å². The number of thiazole rings is 1. The molecule has 9 heteroatoms. The van der Waals surface area contributed by atoms with E-state index in [-0.39, 0.29) is 22.9 Å². The second kappa shape index (κ2) is 8.38. The highest BCUT2D eigenvalue weighted by Crippen LogP contribution is 2.30. The van der Waals surface area contributed by atoms with Gasteiger partial charge in [-0.1, -0.05) is 11.6 Å². The third kappa shape index (κ3) is 4.95. The van der Waals surface area contributed by atoms with Crippen LogP contribution in [0.5, 0.6) is 0 Å². The van der Waals surface area contributed by atoms with Crippen LogP contribution in [0.1, 0.15) is 11.3 Å². The first kappa shape index (κ1) is 20.4. The second-order valence-corrected chi connectivity index (χ2v) is 9.75. The van der Waals surface area contributed by atoms with Gasteiger partial charge < -0.3 is 5.32 Å². The third-order valence-electron chi connectivity index (χ3n) is 3.93. The van der Waals surface area contributed by atoms with Gasteiger partial charge in [-0.25, -0.2) is 17.8 Å². The summed E-state index contributed by atoms with van der Waals surface area (Å²) in [4.78, 5) is 17.5. The van der Waals surface area contributed by atoms with Gasteiger partial charge in [0.1, 0.15) is 5.82 Å². The molecule has 0 unspecified atom stereocenters. The Morgan fingerprint density at radius 3 is 2.43 bits per heavy atom. The fourth-order valence-corrected chi connectivity index (χ4v) is 4.71. The molecule has 3 aromatic rings. The van der Waals surface area contributed by atoms with Crippen molar-refractivity contribution >= 4 is 43.8 Å². The van der Waals surface area contributed by atoms with E-state index in [2.05, 4.69) is 10.3 Å². The van der Waals surface area contributed by atoms with Gasteiger partial charge >= 0.3 is 0 Å². The van der Waals surface area contributed by atoms with E-state index in [4.69, 9.17) is 11.6 Å². The van der Waals surface area contributed by atoms with Gasteiger partial charge in [-0.05, 0) is 55.5 Å². The van der Waals surface area contributed by atoms with Crippen molar-refractivity contribution in [3.8, 4) is 11.3 Å². The number of carbonyl (C=O) groups excluding carboxylic acids is 1. The standard InChI is InChI=1S/C19H16ClFN2O3S2/c1-12-18(13-2-6-15(21)7-3-13)23-19(27-12)22-17(24)10-11-28(25,26)16-8-4-14(20)5-9-16/h2-9H,10-11H2,1H3,(H,22,23,24). The normalized spacial score (nSPS) is 11.4. The molecule has 0 aliphatic rings. The molecule has 0 bridgehead atoms. The van der Waals surface area contributed by atoms with Crippen LogP contribution in [0.3, 0.4) is 0 Å². The van der Waals surface area contributed by atoms with E-state index in [1.165, 1.54) is 47.7 Å². The van der Waals surface area contributed by atoms with Gasteiger partial charge in [0.25, 0.3) is 0 Å². The number of hydrogen-bond donors (Lipinski definition) is 1. The fourth-order valence-electron chi connectivity index (χ4n) is 2.49. The Labute approximate surface area is 171 Å². The molecule has 5 nitrogen and oxygen atoms in total. The van der Waals surface area contributed by atoms with E-state index in [1.807, 2.05) is 6.92 Å². The molecule has 0 fully saturated rings. The monoisotopic (exact) mass is 438 g/mol. The van der Waals surface area contributed by atoms with Crippen molar-refractivity contribution in [3.63, 3.8) is 0 Å². The molecule has 1 aromatic heterocycles. The largest absolute Gasteiger partial charge is 0.302 e. The number of nitrogens with zero attached hydrogens (tertiary/aromatic N) is 1. The number of rotatable bonds is 6. The Bertz CT molecular complexity index is 1100. The van der Waals surface area contributed by atoms with Crippen LogP contribution < -0.4 is 5.32 Å². The van der Waals surface area contributed by atoms with Crippen molar-refractivity contribution in [3.05, 3.63) is 64.2 Å². The van der Waals surface area contributed by atoms with E-state index >= 15 is 0 Å². The second-order valence-electron chi connectivity index (χ2n) is 6.00. The summed E-state index contributed by atoms with van der Waals surface area (Å²) in [6.07, 6.45) is -0.199. The molecule has 2 aromatic carbocycles. The number of amides is 1. The topological polar surface area (TPSA) is 76.1 Å². The quantitative estimate of drug-likeness (QED) is 0.604. The number of aryl methyl sites for hydroxylation is 1. The summed E-state index contributed by atoms with van der Waals surface area (Å²) < 4.78 is 37.7. The maximum atomic E-state index is 13.1. The van der Waals surface area contributed by atoms with Crippen LogP contribution in [0.25, 0.3) is 11.3 Å². The van der Waals surface area contributed by atoms with Crippen LogP contribution >= 0.6 is 22.9 Å². The van der Waals surface area contributed by atoms with Crippen molar-refractivity contribution in [1.82, 2.24) is 4.98 Å². The lowest BCUT2D eigenvalue weighted by Crippen LogP contribution is -2.17. The van der Waals surface area contributed by atoms with E-state index in [0.29, 0.717) is 15.8 Å². The zero-order valence-corrected chi connectivity index (χ0v) is 17.2. The minimum absolute atomic E-state index is 0.119. The minimum Gasteiger partial charge on any atom is -0.302 e. The first-order valence-corrected chi connectivity index (χ1v) is 11.1. The maximum Gasteiger partial charge on any atom is 0.227 e. The van der Waals surface area contributed by atoms with E-state index in [0.717, 1.165) is 10.4 Å². The molecule has 0 spiro atoms. The smallest absolute Gasteiger partial charge is 0.227 e. The molecule has 28 heavy (non-hydrogen) atoms. The fraction of sp³-hybridized carbons (Fsp3) is 0.158. The van der Waals surface area contributed by atoms with Crippen molar-refractivity contribution in [2.75, 3.05) is 11.1 Å². The highest BCUT2D eigenvalue weighted by Gasteiger charge is 2.18. The third-order valence-corrected chi connectivity index (χ3v) is 6.80. The molecule has 3 rings (SSSR count). The van der Waals surface area contributed by atoms with Gasteiger partial charge in [0, 0.05) is 21.9 Å². The summed E-state index contributed by atoms with van der Waals surface area (Å²) in [5, 5.41) is 3.43. The van der Waals surface area contributed by atoms with E-state index in [1.54, 1.807) is 12.1 Å². The van der Waals surface area contributed by atoms with Crippen molar-refractivity contribution < 1.29 is 17.6 Å². The molecule has 146 valence electrons. The van der Waals surface area contributed by atoms with Crippen molar-refractivity contribution in [2.24, 2.45) is 0 Å². The summed E-state index contributed by atoms with van der Waals surface area (Å²) >= 11 is 7.04. The molecular formula is C19H16ClFN2O3S2. The Morgan fingerprint density at radius 2 is 1.79 bits per heavy atom. The molecule has 0 saturated carbocycles. The maximum absolute atomic E-state index is 13.1. The lowest BCUT2D eigenvalue weighted by Gasteiger charge is -2.05. The molecule has 0 radical (unpaired) electrons. The minimum atomic E-state index is -3.59. The summed E-state index contributed by atoms with van der Waals surface area (Å²) in [6, 6.07) is 11.7. The highest BCUT2D eigenvalue weighted by molar-refractivity contribution is 7.91. The first-order valence-electron chi connectivity index (χ1n) is 8.26. The molecule has 1 amide bonds. The highest BCUT2D eigenvalue weighted by atomic mass is 35.5. The summed E-state index contributed by atoms with van der Waals surface area (Å²) in [6.45, 7) is 1.84. The average molecular weight is 439 g/mol. The number of anilines is 1. The predicted molar refractivity (Wildman–Crippen MR) is 109 cm³/mol. The van der Waals surface area contributed by atoms with Gasteiger partial charge in [-0.3, -0.25) is 4.79 Å². The van der Waals surface area contributed by atoms with Gasteiger partial charge in [0.15, 0.2) is 15.0 Å². The van der Waals surface area contributed by atoms with E-state index in [9.17, 15) is 17.6 Å². The molecule has 0 saturated heterocycles. The number of sulfone groups is 1. The first-order chi connectivity index (χ1) is 13.2. The van der Waals surface area contributed by atoms with Crippen LogP contribution in [0.4, 0.5) is 9.52 Å². The number of carbonyl (C=O) groups is 1. The van der Waals surface area contributed by atoms with Crippen LogP contribution in [0, 0.1) is 12.7 Å². The van der Waals surface area contributed by atoms with E-state index < -0.39 is 15.7 Å². The molecule has 0 atom stereocenters. The number of hydrogen-bond acceptors (Lipinski definition) is 5. The SMILES string of the molecule is Cc1sc(NC(=O)CCS(=O)(=O)c2ccc(Cl)cc2)nc1-c1ccc(F)cc1. The molecular weight excluding hydrogens is 423 g/mol. The van der Waals surface area contributed by atoms with Crippen LogP contribution in [0.15, 0.2) is 53.4 Å². The summed E-state index contributed by atoms with van der Waals surface area (Å²) in [7, 11) is -3.59. The van der Waals surface area contributed by atoms with Crippen LogP contribution in [-0.2, 0) is 14.6 Å². The van der Waals surface area contributed by atoms with Crippen LogP contribution in [-0.4, -0.2) is 25.1 Å². The summed E-state index contributed by atoms with van der Waals surface area (Å²) in [5.74, 6) is -1.11. The van der Waals surface area contributed by atoms with Gasteiger partial charge in [-0.15, -0.1) is 11.3 Å². The summed E-state index contributed by atoms with van der Waals surface area (Å²) in [5.41, 5.74) is 1.38. The Hall–Kier alpha value is -2.29. The Morgan fingerprint density at radius 1 is 1.14 bits per heavy atom. The number of benzene rings is 2.